The van der Waals surface area contributed by atoms with Crippen molar-refractivity contribution in [2.45, 2.75) is 52.2 Å². The summed E-state index contributed by atoms with van der Waals surface area (Å²) < 4.78 is 10.7. The number of hydrogen-bond donors (Lipinski definition) is 2. The van der Waals surface area contributed by atoms with Crippen molar-refractivity contribution in [2.24, 2.45) is 5.92 Å². The van der Waals surface area contributed by atoms with Crippen LogP contribution in [-0.4, -0.2) is 38.0 Å². The largest absolute Gasteiger partial charge is 0.497 e. The van der Waals surface area contributed by atoms with Gasteiger partial charge in [0.25, 0.3) is 0 Å². The minimum Gasteiger partial charge on any atom is -0.497 e. The maximum absolute atomic E-state index is 9.99. The van der Waals surface area contributed by atoms with Crippen LogP contribution in [0.1, 0.15) is 45.1 Å². The normalized spacial score (nSPS) is 13.7. The van der Waals surface area contributed by atoms with Crippen LogP contribution in [0.4, 0.5) is 0 Å². The molecule has 132 valence electrons. The number of unbranched alkanes of at least 4 members (excludes halogenated alkanes) is 1. The molecule has 0 heterocycles. The second kappa shape index (κ2) is 12.3. The molecule has 4 heteroatoms. The van der Waals surface area contributed by atoms with E-state index in [0.717, 1.165) is 23.8 Å². The molecule has 0 saturated heterocycles. The number of nitrogens with two attached hydrogens (primary N) is 1. The maximum Gasteiger partial charge on any atom is 0.126 e. The fraction of sp³-hybridized carbons (Fsp3) is 0.684. The Hall–Kier alpha value is -1.10. The van der Waals surface area contributed by atoms with Crippen LogP contribution >= 0.6 is 0 Å². The molecule has 4 nitrogen and oxygen atoms in total. The Labute approximate surface area is 141 Å². The first-order valence-corrected chi connectivity index (χ1v) is 8.89. The summed E-state index contributed by atoms with van der Waals surface area (Å²) >= 11 is 0. The molecule has 0 amide bonds. The van der Waals surface area contributed by atoms with Gasteiger partial charge in [0.15, 0.2) is 0 Å². The van der Waals surface area contributed by atoms with Crippen LogP contribution in [0.15, 0.2) is 24.3 Å². The number of rotatable bonds is 13. The zero-order valence-corrected chi connectivity index (χ0v) is 15.0. The molecule has 1 aromatic carbocycles. The first-order chi connectivity index (χ1) is 11.2. The number of benzene rings is 1. The molecular formula is C19H34NO3+. The van der Waals surface area contributed by atoms with E-state index in [4.69, 9.17) is 9.47 Å². The summed E-state index contributed by atoms with van der Waals surface area (Å²) in [7, 11) is 1.66. The van der Waals surface area contributed by atoms with E-state index >= 15 is 0 Å². The predicted octanol–water partition coefficient (Wildman–Crippen LogP) is 2.35. The average Bonchev–Trinajstić information content (AvgIpc) is 2.58. The van der Waals surface area contributed by atoms with Crippen molar-refractivity contribution in [3.05, 3.63) is 29.8 Å². The quantitative estimate of drug-likeness (QED) is 0.586. The molecule has 0 aliphatic rings. The topological polar surface area (TPSA) is 55.3 Å². The number of quaternary nitrogens is 1. The van der Waals surface area contributed by atoms with Crippen LogP contribution < -0.4 is 10.1 Å². The average molecular weight is 324 g/mol. The number of methoxy groups -OCH3 is 1. The lowest BCUT2D eigenvalue weighted by atomic mass is 9.99. The first kappa shape index (κ1) is 19.9. The molecule has 0 unspecified atom stereocenters. The van der Waals surface area contributed by atoms with E-state index in [1.54, 1.807) is 7.11 Å². The standard InChI is InChI=1S/C19H33NO3/c1-4-6-7-16(5-2)12-20-13-18(21)15-23-14-17-8-10-19(22-3)11-9-17/h8-11,16,18,20-21H,4-7,12-15H2,1-3H3/p+1/t16-,18+/m0/s1. The zero-order valence-electron chi connectivity index (χ0n) is 15.0. The van der Waals surface area contributed by atoms with E-state index in [1.165, 1.54) is 25.7 Å². The van der Waals surface area contributed by atoms with Crippen molar-refractivity contribution in [1.29, 1.82) is 0 Å². The van der Waals surface area contributed by atoms with Crippen LogP contribution in [-0.2, 0) is 11.3 Å². The molecule has 0 saturated carbocycles. The van der Waals surface area contributed by atoms with E-state index in [2.05, 4.69) is 19.2 Å². The van der Waals surface area contributed by atoms with E-state index in [1.807, 2.05) is 24.3 Å². The molecule has 0 aliphatic heterocycles. The highest BCUT2D eigenvalue weighted by atomic mass is 16.5. The molecule has 23 heavy (non-hydrogen) atoms. The van der Waals surface area contributed by atoms with Gasteiger partial charge in [0, 0.05) is 5.92 Å². The Morgan fingerprint density at radius 3 is 2.48 bits per heavy atom. The van der Waals surface area contributed by atoms with Gasteiger partial charge in [-0.25, -0.2) is 0 Å². The second-order valence-corrected chi connectivity index (χ2v) is 6.19. The van der Waals surface area contributed by atoms with Gasteiger partial charge in [0.05, 0.1) is 26.9 Å². The molecule has 0 fully saturated rings. The van der Waals surface area contributed by atoms with Crippen LogP contribution in [0.2, 0.25) is 0 Å². The summed E-state index contributed by atoms with van der Waals surface area (Å²) in [5.41, 5.74) is 1.09. The van der Waals surface area contributed by atoms with E-state index < -0.39 is 6.10 Å². The van der Waals surface area contributed by atoms with E-state index in [9.17, 15) is 5.11 Å². The monoisotopic (exact) mass is 324 g/mol. The molecule has 0 spiro atoms. The lowest BCUT2D eigenvalue weighted by Gasteiger charge is -2.15. The van der Waals surface area contributed by atoms with Gasteiger partial charge in [-0.3, -0.25) is 0 Å². The van der Waals surface area contributed by atoms with E-state index in [-0.39, 0.29) is 0 Å². The summed E-state index contributed by atoms with van der Waals surface area (Å²) in [4.78, 5) is 0. The summed E-state index contributed by atoms with van der Waals surface area (Å²) in [5.74, 6) is 1.61. The van der Waals surface area contributed by atoms with Crippen molar-refractivity contribution >= 4 is 0 Å². The highest BCUT2D eigenvalue weighted by Crippen LogP contribution is 2.12. The summed E-state index contributed by atoms with van der Waals surface area (Å²) in [6.07, 6.45) is 4.68. The van der Waals surface area contributed by atoms with Crippen molar-refractivity contribution in [3.8, 4) is 5.75 Å². The Balaban J connectivity index is 2.12. The highest BCUT2D eigenvalue weighted by Gasteiger charge is 2.11. The molecule has 2 atom stereocenters. The zero-order chi connectivity index (χ0) is 16.9. The van der Waals surface area contributed by atoms with Gasteiger partial charge in [-0.05, 0) is 30.5 Å². The third kappa shape index (κ3) is 8.94. The third-order valence-corrected chi connectivity index (χ3v) is 4.22. The van der Waals surface area contributed by atoms with Crippen LogP contribution in [0.3, 0.4) is 0 Å². The lowest BCUT2D eigenvalue weighted by molar-refractivity contribution is -0.667. The number of aliphatic hydroxyl groups is 1. The maximum atomic E-state index is 9.99. The van der Waals surface area contributed by atoms with Crippen LogP contribution in [0.5, 0.6) is 5.75 Å². The molecule has 1 aromatic rings. The molecular weight excluding hydrogens is 290 g/mol. The third-order valence-electron chi connectivity index (χ3n) is 4.22. The van der Waals surface area contributed by atoms with Crippen molar-refractivity contribution in [3.63, 3.8) is 0 Å². The highest BCUT2D eigenvalue weighted by molar-refractivity contribution is 5.26. The minimum absolute atomic E-state index is 0.383. The smallest absolute Gasteiger partial charge is 0.126 e. The number of aliphatic hydroxyl groups excluding tert-OH is 1. The van der Waals surface area contributed by atoms with E-state index in [0.29, 0.717) is 19.8 Å². The van der Waals surface area contributed by atoms with Crippen LogP contribution in [0.25, 0.3) is 0 Å². The minimum atomic E-state index is -0.406. The van der Waals surface area contributed by atoms with Crippen LogP contribution in [0, 0.1) is 5.92 Å². The summed E-state index contributed by atoms with van der Waals surface area (Å²) in [5, 5.41) is 12.2. The first-order valence-electron chi connectivity index (χ1n) is 8.89. The molecule has 1 rings (SSSR count). The Kier molecular flexibility index (Phi) is 10.7. The van der Waals surface area contributed by atoms with Gasteiger partial charge in [-0.2, -0.15) is 0 Å². The molecule has 0 aliphatic carbocycles. The Bertz CT molecular complexity index is 394. The fourth-order valence-corrected chi connectivity index (χ4v) is 2.61. The molecule has 0 radical (unpaired) electrons. The lowest BCUT2D eigenvalue weighted by Crippen LogP contribution is -2.87. The fourth-order valence-electron chi connectivity index (χ4n) is 2.61. The Morgan fingerprint density at radius 1 is 1.13 bits per heavy atom. The SMILES string of the molecule is CCCC[C@H](CC)C[NH2+]C[C@@H](O)COCc1ccc(OC)cc1. The second-order valence-electron chi connectivity index (χ2n) is 6.19. The summed E-state index contributed by atoms with van der Waals surface area (Å²) in [6, 6.07) is 7.81. The summed E-state index contributed by atoms with van der Waals surface area (Å²) in [6.45, 7) is 7.21. The number of hydrogen-bond acceptors (Lipinski definition) is 3. The van der Waals surface area contributed by atoms with Crippen molar-refractivity contribution in [2.75, 3.05) is 26.8 Å². The molecule has 0 aromatic heterocycles. The molecule has 0 bridgehead atoms. The van der Waals surface area contributed by atoms with Gasteiger partial charge >= 0.3 is 0 Å². The van der Waals surface area contributed by atoms with Gasteiger partial charge in [0.2, 0.25) is 0 Å². The van der Waals surface area contributed by atoms with Gasteiger partial charge in [-0.15, -0.1) is 0 Å². The van der Waals surface area contributed by atoms with Gasteiger partial charge < -0.3 is 19.9 Å². The van der Waals surface area contributed by atoms with Crippen molar-refractivity contribution < 1.29 is 19.9 Å². The predicted molar refractivity (Wildman–Crippen MR) is 93.6 cm³/mol. The number of ether oxygens (including phenoxy) is 2. The Morgan fingerprint density at radius 2 is 1.87 bits per heavy atom. The van der Waals surface area contributed by atoms with Gasteiger partial charge in [0.1, 0.15) is 18.4 Å². The van der Waals surface area contributed by atoms with Gasteiger partial charge in [-0.1, -0.05) is 38.8 Å². The van der Waals surface area contributed by atoms with Crippen molar-refractivity contribution in [1.82, 2.24) is 0 Å². The molecule has 3 N–H and O–H groups in total.